The van der Waals surface area contributed by atoms with Gasteiger partial charge in [0.15, 0.2) is 13.7 Å². The van der Waals surface area contributed by atoms with Crippen molar-refractivity contribution in [1.29, 1.82) is 0 Å². The summed E-state index contributed by atoms with van der Waals surface area (Å²) in [5.74, 6) is -0.413. The Morgan fingerprint density at radius 2 is 1.75 bits per heavy atom. The van der Waals surface area contributed by atoms with Gasteiger partial charge in [-0.3, -0.25) is 4.79 Å². The summed E-state index contributed by atoms with van der Waals surface area (Å²) >= 11 is 0. The number of rotatable bonds is 7. The Balaban J connectivity index is 2.86. The molecular weight excluding hydrogens is 149 g/mol. The Morgan fingerprint density at radius 3 is 2.33 bits per heavy atom. The monoisotopic (exact) mass is 167 g/mol. The van der Waals surface area contributed by atoms with Crippen molar-refractivity contribution in [2.75, 3.05) is 6.54 Å². The van der Waals surface area contributed by atoms with Gasteiger partial charge in [-0.25, -0.2) is 0 Å². The zero-order chi connectivity index (χ0) is 9.23. The lowest BCUT2D eigenvalue weighted by atomic mass is 10.1. The average Bonchev–Trinajstić information content (AvgIpc) is 2.02. The second-order valence-corrected chi connectivity index (χ2v) is 3.06. The Kier molecular flexibility index (Phi) is 8.30. The van der Waals surface area contributed by atoms with E-state index in [0.29, 0.717) is 0 Å². The van der Waals surface area contributed by atoms with E-state index in [1.807, 2.05) is 0 Å². The number of unbranched alkanes of at least 4 members (excludes halogenated alkanes) is 5. The van der Waals surface area contributed by atoms with Gasteiger partial charge in [-0.2, -0.15) is 0 Å². The second kappa shape index (κ2) is 8.63. The van der Waals surface area contributed by atoms with Crippen LogP contribution in [-0.4, -0.2) is 20.2 Å². The van der Waals surface area contributed by atoms with Crippen molar-refractivity contribution in [3.8, 4) is 0 Å². The van der Waals surface area contributed by atoms with Gasteiger partial charge in [0.1, 0.15) is 0 Å². The molecule has 3 heteroatoms. The number of hydrogen-bond acceptors (Lipinski definition) is 1. The molecule has 2 nitrogen and oxygen atoms in total. The lowest BCUT2D eigenvalue weighted by Gasteiger charge is -2.01. The summed E-state index contributed by atoms with van der Waals surface area (Å²) in [5, 5.41) is 2.58. The first-order valence-electron chi connectivity index (χ1n) is 4.80. The van der Waals surface area contributed by atoms with Crippen molar-refractivity contribution in [3.63, 3.8) is 0 Å². The Morgan fingerprint density at radius 1 is 1.17 bits per heavy atom. The average molecular weight is 167 g/mol. The Labute approximate surface area is 76.5 Å². The topological polar surface area (TPSA) is 29.1 Å². The maximum absolute atomic E-state index is 10.2. The molecule has 0 fully saturated rings. The molecule has 0 rings (SSSR count). The maximum atomic E-state index is 10.2. The number of carbonyl (C=O) groups excluding carboxylic acids is 1. The minimum atomic E-state index is -0.413. The van der Waals surface area contributed by atoms with Crippen LogP contribution in [0, 0.1) is 0 Å². The summed E-state index contributed by atoms with van der Waals surface area (Å²) in [5.41, 5.74) is 0. The molecule has 0 heterocycles. The van der Waals surface area contributed by atoms with Gasteiger partial charge in [0.25, 0.3) is 0 Å². The van der Waals surface area contributed by atoms with E-state index in [1.54, 1.807) is 0 Å². The first-order chi connectivity index (χ1) is 5.77. The zero-order valence-corrected chi connectivity index (χ0v) is 7.94. The molecule has 0 atom stereocenters. The van der Waals surface area contributed by atoms with Gasteiger partial charge in [-0.1, -0.05) is 39.0 Å². The number of carbonyl (C=O) groups is 1. The molecule has 0 saturated carbocycles. The van der Waals surface area contributed by atoms with Crippen molar-refractivity contribution in [2.24, 2.45) is 0 Å². The summed E-state index contributed by atoms with van der Waals surface area (Å²) in [6, 6.07) is 0. The molecule has 0 aromatic rings. The molecule has 0 aliphatic carbocycles. The minimum Gasteiger partial charge on any atom is -0.366 e. The van der Waals surface area contributed by atoms with Crippen molar-refractivity contribution in [1.82, 2.24) is 5.32 Å². The summed E-state index contributed by atoms with van der Waals surface area (Å²) < 4.78 is 0. The zero-order valence-electron chi connectivity index (χ0n) is 7.94. The van der Waals surface area contributed by atoms with E-state index in [4.69, 9.17) is 7.85 Å². The molecule has 0 aliphatic heterocycles. The highest BCUT2D eigenvalue weighted by atomic mass is 16.1. The number of nitrogens with one attached hydrogen (secondary N) is 1. The molecule has 0 aliphatic rings. The number of hydrogen-bond donors (Lipinski definition) is 1. The van der Waals surface area contributed by atoms with Crippen molar-refractivity contribution < 1.29 is 4.79 Å². The standard InChI is InChI=1S/C9H18BNO/c1-2-3-4-5-6-7-8-11-9(10)12/h2-8H2,1H3,(H,11,12). The molecule has 1 amide bonds. The molecule has 0 aromatic heterocycles. The summed E-state index contributed by atoms with van der Waals surface area (Å²) in [6.45, 7) is 2.93. The van der Waals surface area contributed by atoms with Crippen LogP contribution < -0.4 is 5.32 Å². The predicted octanol–water partition coefficient (Wildman–Crippen LogP) is 2.23. The van der Waals surface area contributed by atoms with Gasteiger partial charge in [0.2, 0.25) is 0 Å². The fourth-order valence-corrected chi connectivity index (χ4v) is 1.12. The molecule has 0 bridgehead atoms. The molecule has 12 heavy (non-hydrogen) atoms. The van der Waals surface area contributed by atoms with Gasteiger partial charge < -0.3 is 5.32 Å². The van der Waals surface area contributed by atoms with Gasteiger partial charge in [0, 0.05) is 6.54 Å². The summed E-state index contributed by atoms with van der Waals surface area (Å²) in [4.78, 5) is 10.2. The van der Waals surface area contributed by atoms with E-state index in [9.17, 15) is 4.79 Å². The quantitative estimate of drug-likeness (QED) is 0.457. The molecule has 0 saturated heterocycles. The van der Waals surface area contributed by atoms with Crippen LogP contribution in [0.15, 0.2) is 0 Å². The van der Waals surface area contributed by atoms with Crippen LogP contribution in [0.25, 0.3) is 0 Å². The van der Waals surface area contributed by atoms with Crippen LogP contribution >= 0.6 is 0 Å². The summed E-state index contributed by atoms with van der Waals surface area (Å²) in [7, 11) is 4.90. The lowest BCUT2D eigenvalue weighted by Crippen LogP contribution is -2.22. The van der Waals surface area contributed by atoms with Crippen LogP contribution in [0.2, 0.25) is 0 Å². The SMILES string of the molecule is [B]C(=O)NCCCCCCCC. The normalized spacial score (nSPS) is 9.75. The van der Waals surface area contributed by atoms with Crippen molar-refractivity contribution in [3.05, 3.63) is 0 Å². The molecule has 2 radical (unpaired) electrons. The van der Waals surface area contributed by atoms with Gasteiger partial charge in [-0.05, 0) is 6.42 Å². The predicted molar refractivity (Wildman–Crippen MR) is 52.5 cm³/mol. The van der Waals surface area contributed by atoms with E-state index in [-0.39, 0.29) is 0 Å². The van der Waals surface area contributed by atoms with E-state index >= 15 is 0 Å². The van der Waals surface area contributed by atoms with Crippen molar-refractivity contribution >= 4 is 13.7 Å². The third-order valence-electron chi connectivity index (χ3n) is 1.83. The van der Waals surface area contributed by atoms with Gasteiger partial charge in [0.05, 0.1) is 0 Å². The van der Waals surface area contributed by atoms with E-state index < -0.39 is 5.81 Å². The van der Waals surface area contributed by atoms with Gasteiger partial charge in [-0.15, -0.1) is 0 Å². The minimum absolute atomic E-state index is 0.413. The largest absolute Gasteiger partial charge is 0.366 e. The van der Waals surface area contributed by atoms with E-state index in [2.05, 4.69) is 12.2 Å². The van der Waals surface area contributed by atoms with Crippen LogP contribution in [0.5, 0.6) is 0 Å². The second-order valence-electron chi connectivity index (χ2n) is 3.06. The van der Waals surface area contributed by atoms with Crippen LogP contribution in [-0.2, 0) is 0 Å². The molecule has 68 valence electrons. The third-order valence-corrected chi connectivity index (χ3v) is 1.83. The fourth-order valence-electron chi connectivity index (χ4n) is 1.12. The molecular formula is C9H18BNO. The number of amides is 1. The molecule has 0 spiro atoms. The third kappa shape index (κ3) is 9.53. The lowest BCUT2D eigenvalue weighted by molar-refractivity contribution is 0.259. The molecule has 0 unspecified atom stereocenters. The highest BCUT2D eigenvalue weighted by Gasteiger charge is 1.91. The Hall–Kier alpha value is -0.465. The highest BCUT2D eigenvalue weighted by molar-refractivity contribution is 6.57. The Bertz CT molecular complexity index is 117. The first kappa shape index (κ1) is 11.5. The van der Waals surface area contributed by atoms with E-state index in [1.165, 1.54) is 32.1 Å². The molecule has 0 aromatic carbocycles. The van der Waals surface area contributed by atoms with E-state index in [0.717, 1.165) is 13.0 Å². The van der Waals surface area contributed by atoms with Crippen LogP contribution in [0.3, 0.4) is 0 Å². The first-order valence-corrected chi connectivity index (χ1v) is 4.80. The summed E-state index contributed by atoms with van der Waals surface area (Å²) in [6.07, 6.45) is 7.43. The maximum Gasteiger partial charge on any atom is 0.200 e. The highest BCUT2D eigenvalue weighted by Crippen LogP contribution is 2.03. The molecule has 1 N–H and O–H groups in total. The van der Waals surface area contributed by atoms with Crippen molar-refractivity contribution in [2.45, 2.75) is 45.4 Å². The fraction of sp³-hybridized carbons (Fsp3) is 0.889. The van der Waals surface area contributed by atoms with Crippen LogP contribution in [0.1, 0.15) is 45.4 Å². The van der Waals surface area contributed by atoms with Gasteiger partial charge >= 0.3 is 0 Å². The smallest absolute Gasteiger partial charge is 0.200 e. The van der Waals surface area contributed by atoms with Crippen LogP contribution in [0.4, 0.5) is 4.79 Å².